The standard InChI is InChI=1S/C23H20N4O2S2/c1-15-9-10-18(12-16(15)2)31(28,29)21(13-24)22-23(25-14-17-6-5-11-30-17)27-20-8-4-3-7-19(20)26-22/h3-12,21H,14H2,1-2H3,(H,25,27)/t21-/m0/s1. The van der Waals surface area contributed by atoms with Gasteiger partial charge in [0.15, 0.2) is 11.1 Å². The van der Waals surface area contributed by atoms with Crippen molar-refractivity contribution in [3.8, 4) is 6.07 Å². The Kier molecular flexibility index (Phi) is 5.72. The van der Waals surface area contributed by atoms with E-state index in [1.54, 1.807) is 35.6 Å². The zero-order chi connectivity index (χ0) is 22.0. The molecule has 2 heterocycles. The molecule has 0 bridgehead atoms. The molecule has 4 aromatic rings. The van der Waals surface area contributed by atoms with Crippen LogP contribution in [0.1, 0.15) is 26.9 Å². The van der Waals surface area contributed by atoms with Crippen molar-refractivity contribution < 1.29 is 8.42 Å². The fourth-order valence-corrected chi connectivity index (χ4v) is 5.33. The summed E-state index contributed by atoms with van der Waals surface area (Å²) in [5.74, 6) is 0.297. The van der Waals surface area contributed by atoms with Crippen LogP contribution in [0.4, 0.5) is 5.82 Å². The van der Waals surface area contributed by atoms with Crippen LogP contribution >= 0.6 is 11.3 Å². The second-order valence-corrected chi connectivity index (χ2v) is 10.2. The molecule has 1 atom stereocenters. The summed E-state index contributed by atoms with van der Waals surface area (Å²) < 4.78 is 26.9. The van der Waals surface area contributed by atoms with E-state index in [0.29, 0.717) is 23.4 Å². The predicted octanol–water partition coefficient (Wildman–Crippen LogP) is 4.96. The van der Waals surface area contributed by atoms with E-state index < -0.39 is 15.1 Å². The van der Waals surface area contributed by atoms with Crippen molar-refractivity contribution in [1.82, 2.24) is 9.97 Å². The minimum absolute atomic E-state index is 0.0984. The molecule has 0 unspecified atom stereocenters. The number of para-hydroxylation sites is 2. The summed E-state index contributed by atoms with van der Waals surface area (Å²) in [5.41, 5.74) is 3.10. The van der Waals surface area contributed by atoms with Gasteiger partial charge in [-0.2, -0.15) is 5.26 Å². The molecule has 0 aliphatic rings. The molecule has 0 radical (unpaired) electrons. The quantitative estimate of drug-likeness (QED) is 0.448. The Bertz CT molecular complexity index is 1390. The highest BCUT2D eigenvalue weighted by Crippen LogP contribution is 2.33. The second kappa shape index (κ2) is 8.46. The Morgan fingerprint density at radius 3 is 2.42 bits per heavy atom. The van der Waals surface area contributed by atoms with Gasteiger partial charge < -0.3 is 5.32 Å². The highest BCUT2D eigenvalue weighted by molar-refractivity contribution is 7.92. The number of thiophene rings is 1. The van der Waals surface area contributed by atoms with Gasteiger partial charge in [-0.25, -0.2) is 18.4 Å². The van der Waals surface area contributed by atoms with E-state index in [2.05, 4.69) is 15.3 Å². The number of nitrogens with zero attached hydrogens (tertiary/aromatic N) is 3. The number of anilines is 1. The van der Waals surface area contributed by atoms with E-state index >= 15 is 0 Å². The van der Waals surface area contributed by atoms with Crippen LogP contribution in [0.5, 0.6) is 0 Å². The number of hydrogen-bond donors (Lipinski definition) is 1. The maximum atomic E-state index is 13.4. The molecule has 0 saturated carbocycles. The summed E-state index contributed by atoms with van der Waals surface area (Å²) >= 11 is 1.58. The molecule has 4 rings (SSSR count). The van der Waals surface area contributed by atoms with Crippen LogP contribution in [0.25, 0.3) is 11.0 Å². The number of sulfone groups is 1. The Labute approximate surface area is 185 Å². The van der Waals surface area contributed by atoms with E-state index in [-0.39, 0.29) is 10.6 Å². The minimum Gasteiger partial charge on any atom is -0.364 e. The number of hydrogen-bond acceptors (Lipinski definition) is 7. The highest BCUT2D eigenvalue weighted by atomic mass is 32.2. The molecular formula is C23H20N4O2S2. The molecule has 0 fully saturated rings. The van der Waals surface area contributed by atoms with Crippen molar-refractivity contribution in [3.63, 3.8) is 0 Å². The van der Waals surface area contributed by atoms with Gasteiger partial charge in [0.25, 0.3) is 0 Å². The summed E-state index contributed by atoms with van der Waals surface area (Å²) in [5, 5.41) is 13.6. The summed E-state index contributed by atoms with van der Waals surface area (Å²) in [4.78, 5) is 10.3. The fraction of sp³-hybridized carbons (Fsp3) is 0.174. The van der Waals surface area contributed by atoms with E-state index in [4.69, 9.17) is 0 Å². The van der Waals surface area contributed by atoms with Gasteiger partial charge in [0.1, 0.15) is 5.69 Å². The maximum Gasteiger partial charge on any atom is 0.200 e. The van der Waals surface area contributed by atoms with Crippen molar-refractivity contribution >= 4 is 38.0 Å². The first-order chi connectivity index (χ1) is 14.9. The molecule has 0 saturated heterocycles. The molecule has 2 aromatic heterocycles. The van der Waals surface area contributed by atoms with E-state index in [9.17, 15) is 13.7 Å². The van der Waals surface area contributed by atoms with Gasteiger partial charge in [-0.3, -0.25) is 0 Å². The van der Waals surface area contributed by atoms with Gasteiger partial charge in [0.05, 0.1) is 28.5 Å². The van der Waals surface area contributed by atoms with Gasteiger partial charge in [0, 0.05) is 4.88 Å². The largest absolute Gasteiger partial charge is 0.364 e. The van der Waals surface area contributed by atoms with E-state index in [1.807, 2.05) is 49.6 Å². The molecule has 0 amide bonds. The zero-order valence-electron chi connectivity index (χ0n) is 17.0. The lowest BCUT2D eigenvalue weighted by molar-refractivity contribution is 0.590. The Hall–Kier alpha value is -3.28. The summed E-state index contributed by atoms with van der Waals surface area (Å²) in [7, 11) is -4.01. The minimum atomic E-state index is -4.01. The molecule has 156 valence electrons. The van der Waals surface area contributed by atoms with Crippen LogP contribution in [-0.4, -0.2) is 18.4 Å². The van der Waals surface area contributed by atoms with E-state index in [1.165, 1.54) is 6.07 Å². The number of aryl methyl sites for hydroxylation is 2. The van der Waals surface area contributed by atoms with Gasteiger partial charge in [-0.1, -0.05) is 24.3 Å². The topological polar surface area (TPSA) is 95.7 Å². The van der Waals surface area contributed by atoms with Crippen molar-refractivity contribution in [2.24, 2.45) is 0 Å². The Morgan fingerprint density at radius 1 is 1.03 bits per heavy atom. The molecule has 0 spiro atoms. The van der Waals surface area contributed by atoms with Gasteiger partial charge in [-0.05, 0) is 60.7 Å². The summed E-state index contributed by atoms with van der Waals surface area (Å²) in [6.07, 6.45) is 0. The van der Waals surface area contributed by atoms with Gasteiger partial charge in [-0.15, -0.1) is 11.3 Å². The highest BCUT2D eigenvalue weighted by Gasteiger charge is 2.33. The normalized spacial score (nSPS) is 12.4. The van der Waals surface area contributed by atoms with Crippen LogP contribution in [0, 0.1) is 25.2 Å². The fourth-order valence-electron chi connectivity index (χ4n) is 3.22. The predicted molar refractivity (Wildman–Crippen MR) is 123 cm³/mol. The lowest BCUT2D eigenvalue weighted by atomic mass is 10.1. The monoisotopic (exact) mass is 448 g/mol. The lowest BCUT2D eigenvalue weighted by Crippen LogP contribution is -2.17. The Balaban J connectivity index is 1.83. The molecular weight excluding hydrogens is 428 g/mol. The molecule has 1 N–H and O–H groups in total. The smallest absolute Gasteiger partial charge is 0.200 e. The number of fused-ring (bicyclic) bond motifs is 1. The molecule has 2 aromatic carbocycles. The van der Waals surface area contributed by atoms with Gasteiger partial charge >= 0.3 is 0 Å². The first-order valence-electron chi connectivity index (χ1n) is 9.64. The Morgan fingerprint density at radius 2 is 1.77 bits per heavy atom. The number of rotatable bonds is 6. The maximum absolute atomic E-state index is 13.4. The van der Waals surface area contributed by atoms with Crippen molar-refractivity contribution in [1.29, 1.82) is 5.26 Å². The number of aromatic nitrogens is 2. The molecule has 0 aliphatic carbocycles. The molecule has 0 aliphatic heterocycles. The van der Waals surface area contributed by atoms with Crippen LogP contribution < -0.4 is 5.32 Å². The first-order valence-corrected chi connectivity index (χ1v) is 12.1. The first kappa shape index (κ1) is 21.0. The molecule has 31 heavy (non-hydrogen) atoms. The zero-order valence-corrected chi connectivity index (χ0v) is 18.7. The summed E-state index contributed by atoms with van der Waals surface area (Å²) in [6, 6.07) is 18.0. The molecule has 8 heteroatoms. The molecule has 6 nitrogen and oxygen atoms in total. The average molecular weight is 449 g/mol. The lowest BCUT2D eigenvalue weighted by Gasteiger charge is -2.16. The SMILES string of the molecule is Cc1ccc(S(=O)(=O)[C@@H](C#N)c2nc3ccccc3nc2NCc2cccs2)cc1C. The van der Waals surface area contributed by atoms with Crippen molar-refractivity contribution in [2.75, 3.05) is 5.32 Å². The third-order valence-corrected chi connectivity index (χ3v) is 7.83. The van der Waals surface area contributed by atoms with Crippen LogP contribution in [0.2, 0.25) is 0 Å². The second-order valence-electron chi connectivity index (χ2n) is 7.18. The average Bonchev–Trinajstić information content (AvgIpc) is 3.28. The third kappa shape index (κ3) is 4.15. The number of benzene rings is 2. The third-order valence-electron chi connectivity index (χ3n) is 5.09. The van der Waals surface area contributed by atoms with E-state index in [0.717, 1.165) is 16.0 Å². The van der Waals surface area contributed by atoms with Crippen molar-refractivity contribution in [3.05, 3.63) is 81.7 Å². The van der Waals surface area contributed by atoms with Crippen LogP contribution in [0.3, 0.4) is 0 Å². The van der Waals surface area contributed by atoms with Crippen LogP contribution in [-0.2, 0) is 16.4 Å². The number of nitrogens with one attached hydrogen (secondary N) is 1. The van der Waals surface area contributed by atoms with Crippen molar-refractivity contribution in [2.45, 2.75) is 30.5 Å². The summed E-state index contributed by atoms with van der Waals surface area (Å²) in [6.45, 7) is 4.22. The van der Waals surface area contributed by atoms with Gasteiger partial charge in [0.2, 0.25) is 9.84 Å². The van der Waals surface area contributed by atoms with Crippen LogP contribution in [0.15, 0.2) is 64.9 Å². The number of nitriles is 1.